The summed E-state index contributed by atoms with van der Waals surface area (Å²) in [5, 5.41) is 33.0. The van der Waals surface area contributed by atoms with Gasteiger partial charge in [-0.25, -0.2) is 4.68 Å². The van der Waals surface area contributed by atoms with Gasteiger partial charge in [0.2, 0.25) is 23.6 Å². The Morgan fingerprint density at radius 2 is 1.47 bits per heavy atom. The van der Waals surface area contributed by atoms with E-state index in [0.717, 1.165) is 41.9 Å². The Kier molecular flexibility index (Phi) is 23.9. The second-order valence-electron chi connectivity index (χ2n) is 13.3. The quantitative estimate of drug-likeness (QED) is 0.0874. The molecule has 5 N–H and O–H groups in total. The molecule has 13 nitrogen and oxygen atoms in total. The van der Waals surface area contributed by atoms with Crippen LogP contribution in [-0.2, 0) is 32.3 Å². The minimum absolute atomic E-state index is 0.0136. The zero-order chi connectivity index (χ0) is 41.4. The summed E-state index contributed by atoms with van der Waals surface area (Å²) in [7, 11) is 8.07. The summed E-state index contributed by atoms with van der Waals surface area (Å²) < 4.78 is 1.58. The second-order valence-corrected chi connectivity index (χ2v) is 16.0. The number of rotatable bonds is 16. The summed E-state index contributed by atoms with van der Waals surface area (Å²) in [4.78, 5) is 50.8. The van der Waals surface area contributed by atoms with Gasteiger partial charge in [-0.3, -0.25) is 19.2 Å². The normalized spacial score (nSPS) is 11.3. The van der Waals surface area contributed by atoms with Gasteiger partial charge in [0.1, 0.15) is 12.2 Å². The van der Waals surface area contributed by atoms with Crippen molar-refractivity contribution in [2.75, 3.05) is 44.2 Å². The number of aliphatic hydroxyl groups excluding tert-OH is 2. The van der Waals surface area contributed by atoms with E-state index >= 15 is 0 Å². The molecule has 0 atom stereocenters. The molecule has 0 fully saturated rings. The predicted octanol–water partition coefficient (Wildman–Crippen LogP) is 5.84. The Morgan fingerprint density at radius 3 is 2.11 bits per heavy atom. The van der Waals surface area contributed by atoms with Gasteiger partial charge < -0.3 is 31.1 Å². The van der Waals surface area contributed by atoms with E-state index in [4.69, 9.17) is 5.11 Å². The second kappa shape index (κ2) is 26.8. The molecule has 1 aliphatic rings. The third kappa shape index (κ3) is 16.8. The number of nitrogens with zero attached hydrogens (tertiary/aromatic N) is 4. The zero-order valence-electron chi connectivity index (χ0n) is 34.1. The third-order valence-electron chi connectivity index (χ3n) is 8.21. The first-order chi connectivity index (χ1) is 26.4. The van der Waals surface area contributed by atoms with Crippen LogP contribution in [0, 0.1) is 5.92 Å². The van der Waals surface area contributed by atoms with Crippen LogP contribution in [0.3, 0.4) is 0 Å². The van der Waals surface area contributed by atoms with Gasteiger partial charge in [0, 0.05) is 75.2 Å². The number of carbonyl (C=O) groups excluding carboxylic acids is 4. The summed E-state index contributed by atoms with van der Waals surface area (Å²) in [6, 6.07) is 15.1. The fourth-order valence-corrected chi connectivity index (χ4v) is 7.73. The highest BCUT2D eigenvalue weighted by Gasteiger charge is 2.30. The number of hydrogen-bond acceptors (Lipinski definition) is 10. The molecule has 0 spiro atoms. The topological polar surface area (TPSA) is 179 Å². The number of para-hydroxylation sites is 1. The van der Waals surface area contributed by atoms with Crippen molar-refractivity contribution in [2.45, 2.75) is 98.7 Å². The van der Waals surface area contributed by atoms with Gasteiger partial charge in [-0.15, -0.1) is 5.10 Å². The lowest BCUT2D eigenvalue weighted by molar-refractivity contribution is -0.126. The number of amides is 4. The lowest BCUT2D eigenvalue weighted by atomic mass is 9.95. The first-order valence-corrected chi connectivity index (χ1v) is 21.3. The van der Waals surface area contributed by atoms with E-state index in [1.165, 1.54) is 12.2 Å². The molecule has 1 aliphatic heterocycles. The van der Waals surface area contributed by atoms with Crippen molar-refractivity contribution < 1.29 is 29.4 Å². The minimum Gasteiger partial charge on any atom is -0.400 e. The molecule has 1 aromatic heterocycles. The monoisotopic (exact) mass is 801 g/mol. The fourth-order valence-electron chi connectivity index (χ4n) is 5.32. The lowest BCUT2D eigenvalue weighted by Gasteiger charge is -2.29. The molecule has 0 saturated heterocycles. The number of aromatic nitrogens is 3. The third-order valence-corrected chi connectivity index (χ3v) is 10.7. The number of likely N-dealkylation sites (N-methyl/N-ethyl adjacent to an activating group) is 1. The highest BCUT2D eigenvalue weighted by Crippen LogP contribution is 2.41. The molecular formula is C40H63N7O6S2. The first-order valence-electron chi connectivity index (χ1n) is 18.8. The highest BCUT2D eigenvalue weighted by atomic mass is 33.1. The average molecular weight is 802 g/mol. The van der Waals surface area contributed by atoms with Gasteiger partial charge in [-0.05, 0) is 50.7 Å². The number of nitrogens with one attached hydrogen (secondary N) is 3. The molecule has 15 heteroatoms. The van der Waals surface area contributed by atoms with Crippen LogP contribution in [-0.4, -0.2) is 93.7 Å². The number of aliphatic hydroxyl groups is 2. The number of hydrogen-bond donors (Lipinski definition) is 5. The Hall–Kier alpha value is -3.92. The summed E-state index contributed by atoms with van der Waals surface area (Å²) in [6.07, 6.45) is 3.40. The lowest BCUT2D eigenvalue weighted by Crippen LogP contribution is -2.44. The summed E-state index contributed by atoms with van der Waals surface area (Å²) in [5.41, 5.74) is 3.82. The molecule has 3 aromatic rings. The summed E-state index contributed by atoms with van der Waals surface area (Å²) >= 11 is 0. The molecule has 0 saturated carbocycles. The van der Waals surface area contributed by atoms with Crippen molar-refractivity contribution in [2.24, 2.45) is 5.92 Å². The van der Waals surface area contributed by atoms with E-state index < -0.39 is 5.54 Å². The molecule has 0 unspecified atom stereocenters. The van der Waals surface area contributed by atoms with Crippen LogP contribution in [0.25, 0.3) is 22.5 Å². The van der Waals surface area contributed by atoms with Crippen LogP contribution in [0.2, 0.25) is 0 Å². The van der Waals surface area contributed by atoms with Gasteiger partial charge in [0.05, 0.1) is 17.9 Å². The molecule has 55 heavy (non-hydrogen) atoms. The maximum atomic E-state index is 13.5. The maximum absolute atomic E-state index is 13.5. The smallest absolute Gasteiger partial charge is 0.241 e. The van der Waals surface area contributed by atoms with Crippen LogP contribution < -0.4 is 20.9 Å². The Labute approximate surface area is 335 Å². The van der Waals surface area contributed by atoms with Gasteiger partial charge in [0.15, 0.2) is 0 Å². The summed E-state index contributed by atoms with van der Waals surface area (Å²) in [6.45, 7) is 12.4. The summed E-state index contributed by atoms with van der Waals surface area (Å²) in [5.74, 6) is 2.62. The average Bonchev–Trinajstić information content (AvgIpc) is 3.58. The van der Waals surface area contributed by atoms with Crippen LogP contribution >= 0.6 is 21.6 Å². The van der Waals surface area contributed by atoms with Gasteiger partial charge >= 0.3 is 0 Å². The van der Waals surface area contributed by atoms with E-state index in [-0.39, 0.29) is 56.2 Å². The van der Waals surface area contributed by atoms with E-state index in [1.807, 2.05) is 97.8 Å². The van der Waals surface area contributed by atoms with Crippen molar-refractivity contribution in [1.82, 2.24) is 30.9 Å². The van der Waals surface area contributed by atoms with Crippen LogP contribution in [0.1, 0.15) is 85.6 Å². The van der Waals surface area contributed by atoms with Gasteiger partial charge in [-0.1, -0.05) is 97.0 Å². The van der Waals surface area contributed by atoms with E-state index in [9.17, 15) is 24.3 Å². The molecular weight excluding hydrogens is 739 g/mol. The minimum atomic E-state index is -0.558. The van der Waals surface area contributed by atoms with Crippen molar-refractivity contribution >= 4 is 50.9 Å². The molecule has 4 amide bonds. The molecule has 2 aromatic carbocycles. The predicted molar refractivity (Wildman–Crippen MR) is 226 cm³/mol. The molecule has 306 valence electrons. The van der Waals surface area contributed by atoms with Crippen molar-refractivity contribution in [3.63, 3.8) is 0 Å². The molecule has 0 aliphatic carbocycles. The van der Waals surface area contributed by atoms with E-state index in [1.54, 1.807) is 23.7 Å². The number of fused-ring (bicyclic) bond motifs is 5. The van der Waals surface area contributed by atoms with Gasteiger partial charge in [-0.2, -0.15) is 0 Å². The van der Waals surface area contributed by atoms with Crippen LogP contribution in [0.15, 0.2) is 48.5 Å². The van der Waals surface area contributed by atoms with E-state index in [2.05, 4.69) is 40.1 Å². The molecule has 0 radical (unpaired) electrons. The Bertz CT molecular complexity index is 1620. The Balaban J connectivity index is 0.000000709. The fraction of sp³-hybridized carbons (Fsp3) is 0.550. The Morgan fingerprint density at radius 1 is 0.855 bits per heavy atom. The van der Waals surface area contributed by atoms with Crippen molar-refractivity contribution in [3.8, 4) is 22.5 Å². The highest BCUT2D eigenvalue weighted by molar-refractivity contribution is 8.76. The largest absolute Gasteiger partial charge is 0.400 e. The first kappa shape index (κ1) is 49.1. The van der Waals surface area contributed by atoms with Gasteiger partial charge in [0.25, 0.3) is 0 Å². The molecule has 4 rings (SSSR count). The number of benzene rings is 2. The molecule has 0 bridgehead atoms. The number of anilines is 1. The molecule has 2 heterocycles. The number of carbonyl (C=O) groups is 4. The zero-order valence-corrected chi connectivity index (χ0v) is 35.7. The van der Waals surface area contributed by atoms with E-state index in [0.29, 0.717) is 29.9 Å². The maximum Gasteiger partial charge on any atom is 0.241 e. The van der Waals surface area contributed by atoms with Crippen molar-refractivity contribution in [1.29, 1.82) is 0 Å². The standard InChI is InChI=1S/C27H32N6O4.C10H21NOS2.C2H6.CH4O/c1-27(2,14-15-34)29-22(35)12-13-24(37)32-16-18-8-4-5-9-19(18)26-25(20-10-6-7-11-21(20)32)30-31-33(26)17-23(36)28-3;1-9(2)6-8-14-13-7-4-5-10(12)11-3;2*1-2/h4-11,34H,12-17H2,1-3H3,(H,28,36)(H,29,35);9H,4-8H2,1-3H3,(H,11,12);1-2H3;2H,1H3. The van der Waals surface area contributed by atoms with Crippen LogP contribution in [0.5, 0.6) is 0 Å². The van der Waals surface area contributed by atoms with Crippen LogP contribution in [0.4, 0.5) is 5.69 Å². The van der Waals surface area contributed by atoms with Crippen molar-refractivity contribution in [3.05, 3.63) is 54.1 Å². The SMILES string of the molecule is CC.CNC(=O)CCCSSCCC(C)C.CNC(=O)Cn1nnc2c1-c1ccccc1CN(C(=O)CCC(=O)NC(C)(C)CCO)c1ccccc1-2.CO.